The van der Waals surface area contributed by atoms with E-state index in [1.54, 1.807) is 12.1 Å². The van der Waals surface area contributed by atoms with E-state index in [9.17, 15) is 9.59 Å². The van der Waals surface area contributed by atoms with Gasteiger partial charge < -0.3 is 14.5 Å². The predicted molar refractivity (Wildman–Crippen MR) is 68.5 cm³/mol. The van der Waals surface area contributed by atoms with Crippen LogP contribution in [0, 0.1) is 11.8 Å². The molecule has 1 aliphatic rings. The number of carbonyl (C=O) groups excluding carboxylic acids is 2. The van der Waals surface area contributed by atoms with Crippen LogP contribution in [0.4, 0.5) is 0 Å². The molecule has 2 atom stereocenters. The van der Waals surface area contributed by atoms with Crippen molar-refractivity contribution in [2.24, 2.45) is 11.8 Å². The van der Waals surface area contributed by atoms with E-state index in [4.69, 9.17) is 9.15 Å². The molecule has 19 heavy (non-hydrogen) atoms. The molecule has 104 valence electrons. The summed E-state index contributed by atoms with van der Waals surface area (Å²) in [6, 6.07) is 3.29. The molecule has 1 heterocycles. The van der Waals surface area contributed by atoms with Crippen LogP contribution in [0.15, 0.2) is 22.8 Å². The summed E-state index contributed by atoms with van der Waals surface area (Å²) >= 11 is 0. The molecule has 0 aliphatic heterocycles. The van der Waals surface area contributed by atoms with E-state index in [0.29, 0.717) is 12.3 Å². The number of furan rings is 1. The smallest absolute Gasteiger partial charge is 0.309 e. The van der Waals surface area contributed by atoms with Gasteiger partial charge in [-0.2, -0.15) is 0 Å². The zero-order valence-electron chi connectivity index (χ0n) is 11.1. The summed E-state index contributed by atoms with van der Waals surface area (Å²) in [5, 5.41) is 2.82. The molecule has 1 saturated carbocycles. The monoisotopic (exact) mass is 265 g/mol. The van der Waals surface area contributed by atoms with Gasteiger partial charge >= 0.3 is 5.97 Å². The van der Waals surface area contributed by atoms with E-state index in [-0.39, 0.29) is 23.7 Å². The average Bonchev–Trinajstić information content (AvgIpc) is 2.98. The highest BCUT2D eigenvalue weighted by atomic mass is 16.5. The molecule has 0 aromatic carbocycles. The lowest BCUT2D eigenvalue weighted by Crippen LogP contribution is -2.37. The van der Waals surface area contributed by atoms with E-state index in [1.165, 1.54) is 13.4 Å². The van der Waals surface area contributed by atoms with Crippen LogP contribution in [-0.2, 0) is 9.53 Å². The normalized spacial score (nSPS) is 22.8. The second-order valence-corrected chi connectivity index (χ2v) is 4.86. The first-order valence-electron chi connectivity index (χ1n) is 6.62. The molecule has 1 N–H and O–H groups in total. The summed E-state index contributed by atoms with van der Waals surface area (Å²) < 4.78 is 9.86. The lowest BCUT2D eigenvalue weighted by atomic mass is 9.79. The van der Waals surface area contributed by atoms with Gasteiger partial charge in [0, 0.05) is 6.54 Å². The zero-order valence-corrected chi connectivity index (χ0v) is 11.1. The minimum atomic E-state index is -0.237. The molecule has 2 rings (SSSR count). The molecule has 1 aromatic heterocycles. The van der Waals surface area contributed by atoms with Crippen LogP contribution in [0.1, 0.15) is 36.2 Å². The maximum absolute atomic E-state index is 11.8. The molecule has 0 saturated heterocycles. The van der Waals surface area contributed by atoms with E-state index in [2.05, 4.69) is 5.32 Å². The molecule has 0 radical (unpaired) electrons. The Morgan fingerprint density at radius 1 is 1.42 bits per heavy atom. The summed E-state index contributed by atoms with van der Waals surface area (Å²) in [5.74, 6) is -0.0580. The Labute approximate surface area is 112 Å². The van der Waals surface area contributed by atoms with Gasteiger partial charge in [-0.3, -0.25) is 9.59 Å². The number of ether oxygens (including phenoxy) is 1. The van der Waals surface area contributed by atoms with Crippen molar-refractivity contribution in [1.82, 2.24) is 5.32 Å². The predicted octanol–water partition coefficient (Wildman–Crippen LogP) is 1.99. The fraction of sp³-hybridized carbons (Fsp3) is 0.571. The van der Waals surface area contributed by atoms with Gasteiger partial charge in [-0.15, -0.1) is 0 Å². The summed E-state index contributed by atoms with van der Waals surface area (Å²) in [5.41, 5.74) is 0. The SMILES string of the molecule is COC(=O)C1CCCCC1CNC(=O)c1ccco1. The van der Waals surface area contributed by atoms with E-state index < -0.39 is 0 Å². The maximum atomic E-state index is 11.8. The maximum Gasteiger partial charge on any atom is 0.309 e. The van der Waals surface area contributed by atoms with Crippen LogP contribution in [0.25, 0.3) is 0 Å². The number of carbonyl (C=O) groups is 2. The number of amides is 1. The Balaban J connectivity index is 1.89. The number of hydrogen-bond donors (Lipinski definition) is 1. The summed E-state index contributed by atoms with van der Waals surface area (Å²) in [4.78, 5) is 23.5. The zero-order chi connectivity index (χ0) is 13.7. The van der Waals surface area contributed by atoms with Gasteiger partial charge in [0.05, 0.1) is 19.3 Å². The van der Waals surface area contributed by atoms with Crippen molar-refractivity contribution < 1.29 is 18.7 Å². The average molecular weight is 265 g/mol. The molecule has 0 bridgehead atoms. The highest BCUT2D eigenvalue weighted by Gasteiger charge is 2.31. The van der Waals surface area contributed by atoms with Crippen LogP contribution >= 0.6 is 0 Å². The Morgan fingerprint density at radius 3 is 2.89 bits per heavy atom. The Bertz CT molecular complexity index is 427. The molecule has 2 unspecified atom stereocenters. The van der Waals surface area contributed by atoms with Gasteiger partial charge in [0.15, 0.2) is 5.76 Å². The number of esters is 1. The third-order valence-corrected chi connectivity index (χ3v) is 3.68. The highest BCUT2D eigenvalue weighted by Crippen LogP contribution is 2.30. The third kappa shape index (κ3) is 3.36. The molecule has 1 fully saturated rings. The van der Waals surface area contributed by atoms with Crippen LogP contribution in [0.5, 0.6) is 0 Å². The van der Waals surface area contributed by atoms with Gasteiger partial charge in [-0.25, -0.2) is 0 Å². The van der Waals surface area contributed by atoms with Crippen molar-refractivity contribution in [2.75, 3.05) is 13.7 Å². The number of rotatable bonds is 4. The van der Waals surface area contributed by atoms with Gasteiger partial charge in [0.25, 0.3) is 5.91 Å². The van der Waals surface area contributed by atoms with Crippen molar-refractivity contribution in [3.63, 3.8) is 0 Å². The number of methoxy groups -OCH3 is 1. The molecule has 1 amide bonds. The minimum Gasteiger partial charge on any atom is -0.469 e. The van der Waals surface area contributed by atoms with Crippen molar-refractivity contribution in [2.45, 2.75) is 25.7 Å². The molecule has 5 nitrogen and oxygen atoms in total. The van der Waals surface area contributed by atoms with Crippen molar-refractivity contribution in [1.29, 1.82) is 0 Å². The summed E-state index contributed by atoms with van der Waals surface area (Å²) in [6.07, 6.45) is 5.39. The molecule has 5 heteroatoms. The number of nitrogens with one attached hydrogen (secondary N) is 1. The van der Waals surface area contributed by atoms with Crippen molar-refractivity contribution >= 4 is 11.9 Å². The molecular weight excluding hydrogens is 246 g/mol. The van der Waals surface area contributed by atoms with Crippen molar-refractivity contribution in [3.8, 4) is 0 Å². The Morgan fingerprint density at radius 2 is 2.21 bits per heavy atom. The largest absolute Gasteiger partial charge is 0.469 e. The minimum absolute atomic E-state index is 0.101. The van der Waals surface area contributed by atoms with E-state index in [0.717, 1.165) is 25.7 Å². The highest BCUT2D eigenvalue weighted by molar-refractivity contribution is 5.91. The molecule has 0 spiro atoms. The first kappa shape index (κ1) is 13.6. The summed E-state index contributed by atoms with van der Waals surface area (Å²) in [6.45, 7) is 0.485. The molecular formula is C14H19NO4. The topological polar surface area (TPSA) is 68.5 Å². The second-order valence-electron chi connectivity index (χ2n) is 4.86. The standard InChI is InChI=1S/C14H19NO4/c1-18-14(17)11-6-3-2-5-10(11)9-15-13(16)12-7-4-8-19-12/h4,7-8,10-11H,2-3,5-6,9H2,1H3,(H,15,16). The van der Waals surface area contributed by atoms with Crippen LogP contribution in [0.2, 0.25) is 0 Å². The van der Waals surface area contributed by atoms with Gasteiger partial charge in [0.2, 0.25) is 0 Å². The second kappa shape index (κ2) is 6.41. The fourth-order valence-electron chi connectivity index (χ4n) is 2.63. The first-order chi connectivity index (χ1) is 9.22. The quantitative estimate of drug-likeness (QED) is 0.845. The fourth-order valence-corrected chi connectivity index (χ4v) is 2.63. The van der Waals surface area contributed by atoms with E-state index in [1.807, 2.05) is 0 Å². The molecule has 1 aliphatic carbocycles. The number of hydrogen-bond acceptors (Lipinski definition) is 4. The van der Waals surface area contributed by atoms with Crippen LogP contribution in [-0.4, -0.2) is 25.5 Å². The van der Waals surface area contributed by atoms with Gasteiger partial charge in [0.1, 0.15) is 0 Å². The van der Waals surface area contributed by atoms with Crippen LogP contribution in [0.3, 0.4) is 0 Å². The molecule has 1 aromatic rings. The van der Waals surface area contributed by atoms with E-state index >= 15 is 0 Å². The summed E-state index contributed by atoms with van der Waals surface area (Å²) in [7, 11) is 1.41. The third-order valence-electron chi connectivity index (χ3n) is 3.68. The Hall–Kier alpha value is -1.78. The van der Waals surface area contributed by atoms with Gasteiger partial charge in [-0.1, -0.05) is 12.8 Å². The van der Waals surface area contributed by atoms with Gasteiger partial charge in [-0.05, 0) is 30.9 Å². The first-order valence-corrected chi connectivity index (χ1v) is 6.62. The lowest BCUT2D eigenvalue weighted by Gasteiger charge is -2.29. The Kier molecular flexibility index (Phi) is 4.60. The van der Waals surface area contributed by atoms with Crippen LogP contribution < -0.4 is 5.32 Å². The lowest BCUT2D eigenvalue weighted by molar-refractivity contribution is -0.148. The van der Waals surface area contributed by atoms with Crippen molar-refractivity contribution in [3.05, 3.63) is 24.2 Å².